The molecule has 0 amide bonds. The number of carbonyl (C=O) groups excluding carboxylic acids is 1. The Kier molecular flexibility index (Phi) is 5.48. The van der Waals surface area contributed by atoms with Crippen molar-refractivity contribution in [1.29, 1.82) is 0 Å². The smallest absolute Gasteiger partial charge is 0.357 e. The molecule has 1 fully saturated rings. The number of nitrogens with zero attached hydrogens (tertiary/aromatic N) is 2. The highest BCUT2D eigenvalue weighted by Crippen LogP contribution is 2.36. The van der Waals surface area contributed by atoms with Crippen molar-refractivity contribution >= 4 is 23.3 Å². The van der Waals surface area contributed by atoms with Gasteiger partial charge in [-0.3, -0.25) is 10.1 Å². The minimum atomic E-state index is -0.522. The first-order valence-corrected chi connectivity index (χ1v) is 9.10. The van der Waals surface area contributed by atoms with Crippen LogP contribution in [0.4, 0.5) is 5.69 Å². The van der Waals surface area contributed by atoms with Crippen LogP contribution >= 0.6 is 11.6 Å². The van der Waals surface area contributed by atoms with Crippen LogP contribution in [0.1, 0.15) is 36.2 Å². The van der Waals surface area contributed by atoms with Crippen LogP contribution in [0, 0.1) is 15.5 Å². The summed E-state index contributed by atoms with van der Waals surface area (Å²) >= 11 is 6.28. The summed E-state index contributed by atoms with van der Waals surface area (Å²) in [6, 6.07) is 13.1. The quantitative estimate of drug-likeness (QED) is 0.550. The fourth-order valence-electron chi connectivity index (χ4n) is 3.43. The molecule has 1 aliphatic rings. The van der Waals surface area contributed by atoms with Crippen LogP contribution < -0.4 is 0 Å². The number of halogens is 1. The summed E-state index contributed by atoms with van der Waals surface area (Å²) in [6.45, 7) is 4.87. The minimum Gasteiger partial charge on any atom is -0.364 e. The van der Waals surface area contributed by atoms with Gasteiger partial charge in [0.1, 0.15) is 0 Å². The highest BCUT2D eigenvalue weighted by molar-refractivity contribution is 6.31. The van der Waals surface area contributed by atoms with Crippen molar-refractivity contribution in [3.8, 4) is 0 Å². The zero-order valence-corrected chi connectivity index (χ0v) is 16.0. The average molecular weight is 389 g/mol. The number of nitro benzene ring substituents is 1. The van der Waals surface area contributed by atoms with Crippen LogP contribution in [0.5, 0.6) is 0 Å². The number of hydrogen-bond acceptors (Lipinski definition) is 5. The zero-order chi connectivity index (χ0) is 19.6. The molecule has 1 aliphatic heterocycles. The summed E-state index contributed by atoms with van der Waals surface area (Å²) in [5.41, 5.74) is 1.23. The van der Waals surface area contributed by atoms with E-state index in [-0.39, 0.29) is 22.7 Å². The van der Waals surface area contributed by atoms with Crippen molar-refractivity contribution in [1.82, 2.24) is 5.06 Å². The van der Waals surface area contributed by atoms with Gasteiger partial charge in [-0.1, -0.05) is 43.6 Å². The van der Waals surface area contributed by atoms with Crippen molar-refractivity contribution in [3.05, 3.63) is 74.8 Å². The Morgan fingerprint density at radius 2 is 1.93 bits per heavy atom. The number of benzene rings is 2. The summed E-state index contributed by atoms with van der Waals surface area (Å²) in [5, 5.41) is 13.2. The van der Waals surface area contributed by atoms with Gasteiger partial charge in [-0.15, -0.1) is 5.06 Å². The summed E-state index contributed by atoms with van der Waals surface area (Å²) < 4.78 is 0. The molecule has 142 valence electrons. The maximum atomic E-state index is 12.5. The maximum absolute atomic E-state index is 12.5. The number of non-ortho nitro benzene ring substituents is 1. The maximum Gasteiger partial charge on any atom is 0.357 e. The van der Waals surface area contributed by atoms with Crippen molar-refractivity contribution in [2.75, 3.05) is 6.54 Å². The van der Waals surface area contributed by atoms with Gasteiger partial charge < -0.3 is 4.84 Å². The second-order valence-electron chi connectivity index (χ2n) is 7.58. The lowest BCUT2D eigenvalue weighted by Gasteiger charge is -2.23. The number of hydrogen-bond donors (Lipinski definition) is 0. The highest BCUT2D eigenvalue weighted by atomic mass is 35.5. The third-order valence-corrected chi connectivity index (χ3v) is 5.08. The minimum absolute atomic E-state index is 0.00166. The van der Waals surface area contributed by atoms with Crippen molar-refractivity contribution in [2.45, 2.75) is 32.7 Å². The van der Waals surface area contributed by atoms with E-state index in [9.17, 15) is 14.9 Å². The Bertz CT molecular complexity index is 851. The Morgan fingerprint density at radius 1 is 1.26 bits per heavy atom. The van der Waals surface area contributed by atoms with Gasteiger partial charge in [0.25, 0.3) is 5.69 Å². The lowest BCUT2D eigenvalue weighted by molar-refractivity contribution is -0.384. The molecule has 0 spiro atoms. The zero-order valence-electron chi connectivity index (χ0n) is 15.2. The van der Waals surface area contributed by atoms with E-state index in [0.717, 1.165) is 12.0 Å². The Labute approximate surface area is 162 Å². The Hall–Kier alpha value is -2.44. The second kappa shape index (κ2) is 7.66. The van der Waals surface area contributed by atoms with Gasteiger partial charge in [0.05, 0.1) is 16.5 Å². The molecule has 3 rings (SSSR count). The average Bonchev–Trinajstić information content (AvgIpc) is 2.90. The molecule has 0 radical (unpaired) electrons. The molecular weight excluding hydrogens is 368 g/mol. The molecule has 6 nitrogen and oxygen atoms in total. The molecule has 0 unspecified atom stereocenters. The lowest BCUT2D eigenvalue weighted by atomic mass is 9.89. The number of hydroxylamine groups is 2. The van der Waals surface area contributed by atoms with Gasteiger partial charge in [0, 0.05) is 23.7 Å². The molecule has 0 aromatic heterocycles. The van der Waals surface area contributed by atoms with E-state index < -0.39 is 10.9 Å². The fourth-order valence-corrected chi connectivity index (χ4v) is 3.65. The van der Waals surface area contributed by atoms with Gasteiger partial charge in [0.2, 0.25) is 0 Å². The van der Waals surface area contributed by atoms with Gasteiger partial charge in [-0.2, -0.15) is 0 Å². The van der Waals surface area contributed by atoms with Gasteiger partial charge in [-0.05, 0) is 42.0 Å². The van der Waals surface area contributed by atoms with Crippen LogP contribution in [0.2, 0.25) is 5.02 Å². The first-order valence-electron chi connectivity index (χ1n) is 8.72. The molecule has 0 aliphatic carbocycles. The summed E-state index contributed by atoms with van der Waals surface area (Å²) in [7, 11) is 0. The van der Waals surface area contributed by atoms with Crippen LogP contribution in [0.3, 0.4) is 0 Å². The monoisotopic (exact) mass is 388 g/mol. The van der Waals surface area contributed by atoms with Crippen LogP contribution in [-0.4, -0.2) is 28.5 Å². The largest absolute Gasteiger partial charge is 0.364 e. The normalized spacial score (nSPS) is 19.0. The second-order valence-corrected chi connectivity index (χ2v) is 7.98. The lowest BCUT2D eigenvalue weighted by Crippen LogP contribution is -2.34. The summed E-state index contributed by atoms with van der Waals surface area (Å²) in [6.07, 6.45) is 1.54. The number of rotatable bonds is 5. The van der Waals surface area contributed by atoms with Crippen molar-refractivity contribution in [2.24, 2.45) is 5.41 Å². The summed E-state index contributed by atoms with van der Waals surface area (Å²) in [4.78, 5) is 28.4. The van der Waals surface area contributed by atoms with E-state index >= 15 is 0 Å². The van der Waals surface area contributed by atoms with Crippen molar-refractivity contribution < 1.29 is 14.6 Å². The predicted molar refractivity (Wildman–Crippen MR) is 103 cm³/mol. The van der Waals surface area contributed by atoms with Crippen molar-refractivity contribution in [3.63, 3.8) is 0 Å². The van der Waals surface area contributed by atoms with Crippen LogP contribution in [0.25, 0.3) is 0 Å². The third-order valence-electron chi connectivity index (χ3n) is 4.71. The van der Waals surface area contributed by atoms with E-state index in [2.05, 4.69) is 13.8 Å². The van der Waals surface area contributed by atoms with E-state index in [1.807, 2.05) is 24.3 Å². The molecule has 0 N–H and O–H groups in total. The predicted octanol–water partition coefficient (Wildman–Crippen LogP) is 4.66. The molecule has 7 heteroatoms. The SMILES string of the molecule is CC1(C)C[C@H](Cc2ccccc2Cl)N(OC(=O)c2ccc([N+](=O)[O-])cc2)C1. The van der Waals surface area contributed by atoms with Crippen LogP contribution in [0.15, 0.2) is 48.5 Å². The number of carbonyl (C=O) groups is 1. The highest BCUT2D eigenvalue weighted by Gasteiger charge is 2.40. The van der Waals surface area contributed by atoms with E-state index in [4.69, 9.17) is 16.4 Å². The molecule has 27 heavy (non-hydrogen) atoms. The molecule has 2 aromatic carbocycles. The Balaban J connectivity index is 1.73. The molecule has 1 atom stereocenters. The number of nitro groups is 1. The third kappa shape index (κ3) is 4.64. The van der Waals surface area contributed by atoms with Crippen LogP contribution in [-0.2, 0) is 11.3 Å². The fraction of sp³-hybridized carbons (Fsp3) is 0.350. The summed E-state index contributed by atoms with van der Waals surface area (Å²) in [5.74, 6) is -0.522. The topological polar surface area (TPSA) is 72.7 Å². The van der Waals surface area contributed by atoms with E-state index in [0.29, 0.717) is 18.0 Å². The molecule has 0 saturated carbocycles. The first-order chi connectivity index (χ1) is 12.7. The van der Waals surface area contributed by atoms with E-state index in [1.54, 1.807) is 5.06 Å². The van der Waals surface area contributed by atoms with Gasteiger partial charge in [-0.25, -0.2) is 4.79 Å². The van der Waals surface area contributed by atoms with E-state index in [1.165, 1.54) is 24.3 Å². The first kappa shape index (κ1) is 19.3. The molecule has 1 saturated heterocycles. The molecular formula is C20H21ClN2O4. The molecule has 0 bridgehead atoms. The molecule has 2 aromatic rings. The Morgan fingerprint density at radius 3 is 2.56 bits per heavy atom. The molecule has 1 heterocycles. The standard InChI is InChI=1S/C20H21ClN2O4/c1-20(2)12-17(11-15-5-3-4-6-18(15)21)22(13-20)27-19(24)14-7-9-16(10-8-14)23(25)26/h3-10,17H,11-13H2,1-2H3/t17-/m0/s1. The van der Waals surface area contributed by atoms with Gasteiger partial charge >= 0.3 is 5.97 Å². The van der Waals surface area contributed by atoms with Gasteiger partial charge in [0.15, 0.2) is 0 Å².